The van der Waals surface area contributed by atoms with E-state index in [1.54, 1.807) is 0 Å². The summed E-state index contributed by atoms with van der Waals surface area (Å²) in [6, 6.07) is 0. The van der Waals surface area contributed by atoms with Gasteiger partial charge in [0.15, 0.2) is 5.79 Å². The highest BCUT2D eigenvalue weighted by atomic mass is 16.8. The molecular weight excluding hydrogens is 196 g/mol. The summed E-state index contributed by atoms with van der Waals surface area (Å²) < 4.78 is 17.5. The van der Waals surface area contributed by atoms with Crippen LogP contribution in [-0.4, -0.2) is 40.9 Å². The first kappa shape index (κ1) is 11.3. The first-order chi connectivity index (χ1) is 6.70. The summed E-state index contributed by atoms with van der Waals surface area (Å²) in [7, 11) is 0. The monoisotopic (exact) mass is 216 g/mol. The summed E-state index contributed by atoms with van der Waals surface area (Å²) >= 11 is 0. The average molecular weight is 216 g/mol. The predicted molar refractivity (Wildman–Crippen MR) is 54.5 cm³/mol. The van der Waals surface area contributed by atoms with Crippen LogP contribution in [-0.2, 0) is 14.2 Å². The average Bonchev–Trinajstić information content (AvgIpc) is 2.48. The fourth-order valence-corrected chi connectivity index (χ4v) is 2.55. The molecule has 0 bridgehead atoms. The summed E-state index contributed by atoms with van der Waals surface area (Å²) in [4.78, 5) is 0. The summed E-state index contributed by atoms with van der Waals surface area (Å²) in [5.41, 5.74) is -1.09. The lowest BCUT2D eigenvalue weighted by Crippen LogP contribution is -2.43. The van der Waals surface area contributed by atoms with E-state index < -0.39 is 17.0 Å². The molecule has 2 aliphatic heterocycles. The van der Waals surface area contributed by atoms with Crippen molar-refractivity contribution in [3.8, 4) is 0 Å². The normalized spacial score (nSPS) is 46.8. The van der Waals surface area contributed by atoms with Crippen molar-refractivity contribution < 1.29 is 19.3 Å². The van der Waals surface area contributed by atoms with Gasteiger partial charge in [0, 0.05) is 0 Å². The zero-order valence-corrected chi connectivity index (χ0v) is 10.0. The van der Waals surface area contributed by atoms with Crippen molar-refractivity contribution in [1.29, 1.82) is 0 Å². The van der Waals surface area contributed by atoms with Crippen LogP contribution in [0.1, 0.15) is 34.6 Å². The quantitative estimate of drug-likeness (QED) is 0.712. The number of hydrogen-bond acceptors (Lipinski definition) is 4. The molecule has 0 saturated carbocycles. The smallest absolute Gasteiger partial charge is 0.164 e. The topological polar surface area (TPSA) is 47.9 Å². The lowest BCUT2D eigenvalue weighted by atomic mass is 9.93. The second-order valence-electron chi connectivity index (χ2n) is 5.65. The van der Waals surface area contributed by atoms with Crippen molar-refractivity contribution in [2.75, 3.05) is 6.61 Å². The molecule has 4 nitrogen and oxygen atoms in total. The molecule has 2 saturated heterocycles. The van der Waals surface area contributed by atoms with Crippen LogP contribution in [0.3, 0.4) is 0 Å². The minimum absolute atomic E-state index is 0.0585. The summed E-state index contributed by atoms with van der Waals surface area (Å²) in [6.45, 7) is 9.52. The van der Waals surface area contributed by atoms with E-state index in [1.165, 1.54) is 0 Å². The van der Waals surface area contributed by atoms with Crippen molar-refractivity contribution >= 4 is 0 Å². The molecule has 0 spiro atoms. The highest BCUT2D eigenvalue weighted by Crippen LogP contribution is 2.48. The van der Waals surface area contributed by atoms with E-state index in [1.807, 2.05) is 34.6 Å². The van der Waals surface area contributed by atoms with Crippen molar-refractivity contribution in [2.24, 2.45) is 0 Å². The van der Waals surface area contributed by atoms with E-state index in [4.69, 9.17) is 14.2 Å². The van der Waals surface area contributed by atoms with Crippen LogP contribution in [0.15, 0.2) is 0 Å². The summed E-state index contributed by atoms with van der Waals surface area (Å²) in [6.07, 6.45) is -0.322. The molecule has 1 N–H and O–H groups in total. The first-order valence-corrected chi connectivity index (χ1v) is 5.37. The van der Waals surface area contributed by atoms with Crippen molar-refractivity contribution in [3.63, 3.8) is 0 Å². The Morgan fingerprint density at radius 2 is 1.53 bits per heavy atom. The zero-order chi connectivity index (χ0) is 11.5. The van der Waals surface area contributed by atoms with Gasteiger partial charge in [-0.25, -0.2) is 0 Å². The fraction of sp³-hybridized carbons (Fsp3) is 1.00. The molecule has 3 atom stereocenters. The molecule has 2 heterocycles. The first-order valence-electron chi connectivity index (χ1n) is 5.37. The SMILES string of the molecule is CC1(C)OC2C(O1)C(C)(CO)OC2(C)C. The molecule has 0 aromatic rings. The number of ether oxygens (including phenoxy) is 3. The maximum Gasteiger partial charge on any atom is 0.164 e. The molecule has 0 amide bonds. The van der Waals surface area contributed by atoms with Gasteiger partial charge in [-0.2, -0.15) is 0 Å². The van der Waals surface area contributed by atoms with Crippen LogP contribution in [0.4, 0.5) is 0 Å². The number of hydrogen-bond donors (Lipinski definition) is 1. The van der Waals surface area contributed by atoms with Crippen LogP contribution in [0.2, 0.25) is 0 Å². The van der Waals surface area contributed by atoms with Crippen LogP contribution < -0.4 is 0 Å². The Morgan fingerprint density at radius 1 is 1.00 bits per heavy atom. The minimum Gasteiger partial charge on any atom is -0.393 e. The summed E-state index contributed by atoms with van der Waals surface area (Å²) in [5, 5.41) is 9.41. The van der Waals surface area contributed by atoms with Crippen molar-refractivity contribution in [2.45, 2.75) is 63.8 Å². The Hall–Kier alpha value is -0.160. The maximum atomic E-state index is 9.41. The third-order valence-electron chi connectivity index (χ3n) is 3.19. The zero-order valence-electron chi connectivity index (χ0n) is 10.0. The Morgan fingerprint density at radius 3 is 2.07 bits per heavy atom. The number of rotatable bonds is 1. The van der Waals surface area contributed by atoms with Crippen LogP contribution in [0.25, 0.3) is 0 Å². The van der Waals surface area contributed by atoms with Crippen LogP contribution in [0.5, 0.6) is 0 Å². The van der Waals surface area contributed by atoms with E-state index in [0.717, 1.165) is 0 Å². The van der Waals surface area contributed by atoms with Crippen LogP contribution in [0, 0.1) is 0 Å². The number of fused-ring (bicyclic) bond motifs is 1. The van der Waals surface area contributed by atoms with Gasteiger partial charge >= 0.3 is 0 Å². The molecule has 2 rings (SSSR count). The van der Waals surface area contributed by atoms with E-state index in [0.29, 0.717) is 0 Å². The molecule has 4 heteroatoms. The van der Waals surface area contributed by atoms with Crippen LogP contribution >= 0.6 is 0 Å². The van der Waals surface area contributed by atoms with E-state index in [-0.39, 0.29) is 18.8 Å². The van der Waals surface area contributed by atoms with Gasteiger partial charge in [0.25, 0.3) is 0 Å². The lowest BCUT2D eigenvalue weighted by Gasteiger charge is -2.32. The van der Waals surface area contributed by atoms with Gasteiger partial charge in [0.1, 0.15) is 17.8 Å². The van der Waals surface area contributed by atoms with E-state index >= 15 is 0 Å². The Balaban J connectivity index is 2.32. The fourth-order valence-electron chi connectivity index (χ4n) is 2.55. The molecule has 0 aromatic carbocycles. The number of aliphatic hydroxyl groups is 1. The highest BCUT2D eigenvalue weighted by Gasteiger charge is 2.63. The van der Waals surface area contributed by atoms with Gasteiger partial charge in [0.2, 0.25) is 0 Å². The van der Waals surface area contributed by atoms with Gasteiger partial charge in [-0.1, -0.05) is 0 Å². The highest BCUT2D eigenvalue weighted by molar-refractivity contribution is 5.09. The van der Waals surface area contributed by atoms with Gasteiger partial charge in [-0.05, 0) is 34.6 Å². The maximum absolute atomic E-state index is 9.41. The van der Waals surface area contributed by atoms with E-state index in [9.17, 15) is 5.11 Å². The minimum atomic E-state index is -0.665. The Labute approximate surface area is 90.5 Å². The lowest BCUT2D eigenvalue weighted by molar-refractivity contribution is -0.228. The van der Waals surface area contributed by atoms with Gasteiger partial charge in [-0.15, -0.1) is 0 Å². The molecule has 3 unspecified atom stereocenters. The molecule has 0 aromatic heterocycles. The largest absolute Gasteiger partial charge is 0.393 e. The predicted octanol–water partition coefficient (Wildman–Crippen LogP) is 1.07. The van der Waals surface area contributed by atoms with Gasteiger partial charge in [0.05, 0.1) is 12.2 Å². The van der Waals surface area contributed by atoms with Crippen molar-refractivity contribution in [3.05, 3.63) is 0 Å². The second kappa shape index (κ2) is 2.94. The summed E-state index contributed by atoms with van der Waals surface area (Å²) in [5.74, 6) is -0.590. The molecular formula is C11H20O4. The second-order valence-corrected chi connectivity index (χ2v) is 5.65. The van der Waals surface area contributed by atoms with Gasteiger partial charge < -0.3 is 19.3 Å². The van der Waals surface area contributed by atoms with E-state index in [2.05, 4.69) is 0 Å². The molecule has 15 heavy (non-hydrogen) atoms. The molecule has 0 radical (unpaired) electrons. The molecule has 0 aliphatic carbocycles. The molecule has 88 valence electrons. The Kier molecular flexibility index (Phi) is 2.22. The molecule has 2 aliphatic rings. The standard InChI is InChI=1S/C11H20O4/c1-9(2)7-8(11(5,6-12)15-9)14-10(3,4)13-7/h7-8,12H,6H2,1-5H3. The third-order valence-corrected chi connectivity index (χ3v) is 3.19. The van der Waals surface area contributed by atoms with Gasteiger partial charge in [-0.3, -0.25) is 0 Å². The third kappa shape index (κ3) is 1.60. The number of aliphatic hydroxyl groups excluding tert-OH is 1. The Bertz CT molecular complexity index is 274. The molecule has 2 fully saturated rings. The van der Waals surface area contributed by atoms with Crippen molar-refractivity contribution in [1.82, 2.24) is 0 Å².